The van der Waals surface area contributed by atoms with E-state index in [0.29, 0.717) is 36.5 Å². The Hall–Kier alpha value is -2.52. The highest BCUT2D eigenvalue weighted by Gasteiger charge is 2.23. The average molecular weight is 373 g/mol. The number of nitrogens with zero attached hydrogens (tertiary/aromatic N) is 5. The fraction of sp³-hybridized carbons (Fsp3) is 0.412. The molecule has 1 amide bonds. The molecule has 0 saturated carbocycles. The Labute approximate surface area is 153 Å². The summed E-state index contributed by atoms with van der Waals surface area (Å²) < 4.78 is 9.61. The van der Waals surface area contributed by atoms with Gasteiger partial charge in [-0.3, -0.25) is 18.8 Å². The number of hydrogen-bond donors (Lipinski definition) is 0. The van der Waals surface area contributed by atoms with Crippen LogP contribution in [0.1, 0.15) is 6.42 Å². The number of rotatable bonds is 4. The molecule has 1 atom stereocenters. The molecule has 0 N–H and O–H groups in total. The van der Waals surface area contributed by atoms with Crippen LogP contribution in [0.2, 0.25) is 0 Å². The summed E-state index contributed by atoms with van der Waals surface area (Å²) in [5.74, 6) is -0.0965. The van der Waals surface area contributed by atoms with Crippen molar-refractivity contribution in [3.8, 4) is 0 Å². The van der Waals surface area contributed by atoms with Gasteiger partial charge in [0.05, 0.1) is 24.5 Å². The number of carbonyl (C=O) groups is 1. The second kappa shape index (κ2) is 7.38. The van der Waals surface area contributed by atoms with Crippen molar-refractivity contribution in [3.05, 3.63) is 46.6 Å². The van der Waals surface area contributed by atoms with Crippen LogP contribution in [0.3, 0.4) is 0 Å². The van der Waals surface area contributed by atoms with Crippen LogP contribution >= 0.6 is 11.3 Å². The van der Waals surface area contributed by atoms with Crippen molar-refractivity contribution in [2.24, 2.45) is 0 Å². The lowest BCUT2D eigenvalue weighted by atomic mass is 10.3. The molecular weight excluding hydrogens is 354 g/mol. The average Bonchev–Trinajstić information content (AvgIpc) is 3.26. The smallest absolute Gasteiger partial charge is 0.271 e. The highest BCUT2D eigenvalue weighted by molar-refractivity contribution is 7.17. The summed E-state index contributed by atoms with van der Waals surface area (Å²) in [6.07, 6.45) is 5.71. The highest BCUT2D eigenvalue weighted by atomic mass is 32.1. The summed E-state index contributed by atoms with van der Waals surface area (Å²) in [5.41, 5.74) is 0.503. The van der Waals surface area contributed by atoms with E-state index in [4.69, 9.17) is 4.74 Å². The molecule has 1 saturated heterocycles. The van der Waals surface area contributed by atoms with Crippen LogP contribution < -0.4 is 5.56 Å². The van der Waals surface area contributed by atoms with Crippen LogP contribution in [0.25, 0.3) is 10.2 Å². The normalized spacial score (nSPS) is 18.2. The zero-order valence-corrected chi connectivity index (χ0v) is 15.0. The highest BCUT2D eigenvalue weighted by Crippen LogP contribution is 2.13. The van der Waals surface area contributed by atoms with Gasteiger partial charge in [-0.2, -0.15) is 5.10 Å². The second-order valence-corrected chi connectivity index (χ2v) is 7.14. The maximum absolute atomic E-state index is 12.8. The largest absolute Gasteiger partial charge is 0.374 e. The molecule has 3 aromatic rings. The predicted octanol–water partition coefficient (Wildman–Crippen LogP) is 0.972. The van der Waals surface area contributed by atoms with E-state index < -0.39 is 0 Å². The molecule has 1 aliphatic heterocycles. The number of fused-ring (bicyclic) bond motifs is 1. The van der Waals surface area contributed by atoms with Crippen LogP contribution in [-0.4, -0.2) is 55.9 Å². The van der Waals surface area contributed by atoms with Crippen LogP contribution in [0.15, 0.2) is 41.0 Å². The quantitative estimate of drug-likeness (QED) is 0.681. The predicted molar refractivity (Wildman–Crippen MR) is 97.0 cm³/mol. The monoisotopic (exact) mass is 373 g/mol. The number of hydrogen-bond acceptors (Lipinski definition) is 6. The Morgan fingerprint density at radius 2 is 2.35 bits per heavy atom. The SMILES string of the molecule is O=C(Cn1cnc2ccsc2c1=O)N1CCCO[C@H](Cn2cccn2)C1. The molecule has 0 aliphatic carbocycles. The van der Waals surface area contributed by atoms with Gasteiger partial charge in [0.1, 0.15) is 11.2 Å². The van der Waals surface area contributed by atoms with Crippen molar-refractivity contribution in [2.75, 3.05) is 19.7 Å². The van der Waals surface area contributed by atoms with Crippen LogP contribution in [0, 0.1) is 0 Å². The maximum atomic E-state index is 12.8. The molecule has 3 aromatic heterocycles. The van der Waals surface area contributed by atoms with Gasteiger partial charge in [0.15, 0.2) is 0 Å². The third kappa shape index (κ3) is 3.54. The summed E-state index contributed by atoms with van der Waals surface area (Å²) >= 11 is 1.35. The van der Waals surface area contributed by atoms with Gasteiger partial charge < -0.3 is 9.64 Å². The molecule has 1 aliphatic rings. The minimum Gasteiger partial charge on any atom is -0.374 e. The Kier molecular flexibility index (Phi) is 4.81. The molecule has 4 heterocycles. The third-order valence-electron chi connectivity index (χ3n) is 4.39. The number of ether oxygens (including phenoxy) is 1. The van der Waals surface area contributed by atoms with E-state index in [-0.39, 0.29) is 24.1 Å². The van der Waals surface area contributed by atoms with Crippen LogP contribution in [-0.2, 0) is 22.6 Å². The van der Waals surface area contributed by atoms with E-state index in [0.717, 1.165) is 6.42 Å². The van der Waals surface area contributed by atoms with Crippen molar-refractivity contribution < 1.29 is 9.53 Å². The summed E-state index contributed by atoms with van der Waals surface area (Å²) in [6.45, 7) is 2.31. The first-order valence-corrected chi connectivity index (χ1v) is 9.38. The fourth-order valence-corrected chi connectivity index (χ4v) is 3.88. The van der Waals surface area contributed by atoms with Crippen molar-refractivity contribution in [1.82, 2.24) is 24.2 Å². The van der Waals surface area contributed by atoms with E-state index in [1.807, 2.05) is 17.6 Å². The van der Waals surface area contributed by atoms with E-state index in [2.05, 4.69) is 10.1 Å². The van der Waals surface area contributed by atoms with E-state index in [1.165, 1.54) is 22.2 Å². The van der Waals surface area contributed by atoms with Crippen molar-refractivity contribution >= 4 is 27.5 Å². The minimum absolute atomic E-state index is 0.00579. The number of aromatic nitrogens is 4. The van der Waals surface area contributed by atoms with Gasteiger partial charge in [0.2, 0.25) is 5.91 Å². The molecule has 4 rings (SSSR count). The molecule has 0 bridgehead atoms. The van der Waals surface area contributed by atoms with Crippen molar-refractivity contribution in [1.29, 1.82) is 0 Å². The Morgan fingerprint density at radius 3 is 3.19 bits per heavy atom. The first kappa shape index (κ1) is 16.9. The number of amides is 1. The summed E-state index contributed by atoms with van der Waals surface area (Å²) in [4.78, 5) is 31.3. The second-order valence-electron chi connectivity index (χ2n) is 6.23. The number of thiophene rings is 1. The Balaban J connectivity index is 1.47. The van der Waals surface area contributed by atoms with Gasteiger partial charge in [-0.25, -0.2) is 4.98 Å². The third-order valence-corrected chi connectivity index (χ3v) is 5.29. The van der Waals surface area contributed by atoms with Gasteiger partial charge in [-0.15, -0.1) is 11.3 Å². The van der Waals surface area contributed by atoms with E-state index >= 15 is 0 Å². The number of carbonyl (C=O) groups excluding carboxylic acids is 1. The summed E-state index contributed by atoms with van der Waals surface area (Å²) in [7, 11) is 0. The van der Waals surface area contributed by atoms with Crippen LogP contribution in [0.5, 0.6) is 0 Å². The zero-order valence-electron chi connectivity index (χ0n) is 14.2. The van der Waals surface area contributed by atoms with Gasteiger partial charge in [0, 0.05) is 32.1 Å². The first-order chi connectivity index (χ1) is 12.7. The fourth-order valence-electron chi connectivity index (χ4n) is 3.09. The molecule has 8 nitrogen and oxygen atoms in total. The maximum Gasteiger partial charge on any atom is 0.271 e. The molecular formula is C17H19N5O3S. The Morgan fingerprint density at radius 1 is 1.42 bits per heavy atom. The van der Waals surface area contributed by atoms with Crippen molar-refractivity contribution in [2.45, 2.75) is 25.6 Å². The molecule has 1 fully saturated rings. The van der Waals surface area contributed by atoms with Crippen molar-refractivity contribution in [3.63, 3.8) is 0 Å². The lowest BCUT2D eigenvalue weighted by Crippen LogP contribution is -2.41. The summed E-state index contributed by atoms with van der Waals surface area (Å²) in [5, 5.41) is 6.03. The van der Waals surface area contributed by atoms with Gasteiger partial charge in [-0.1, -0.05) is 0 Å². The molecule has 0 radical (unpaired) electrons. The van der Waals surface area contributed by atoms with Crippen LogP contribution in [0.4, 0.5) is 0 Å². The molecule has 0 aromatic carbocycles. The van der Waals surface area contributed by atoms with Gasteiger partial charge in [-0.05, 0) is 23.9 Å². The van der Waals surface area contributed by atoms with E-state index in [9.17, 15) is 9.59 Å². The van der Waals surface area contributed by atoms with Gasteiger partial charge >= 0.3 is 0 Å². The Bertz CT molecular complexity index is 949. The minimum atomic E-state index is -0.169. The molecule has 136 valence electrons. The lowest BCUT2D eigenvalue weighted by Gasteiger charge is -2.24. The zero-order chi connectivity index (χ0) is 17.9. The molecule has 26 heavy (non-hydrogen) atoms. The molecule has 0 unspecified atom stereocenters. The first-order valence-electron chi connectivity index (χ1n) is 8.50. The van der Waals surface area contributed by atoms with Gasteiger partial charge in [0.25, 0.3) is 5.56 Å². The summed E-state index contributed by atoms with van der Waals surface area (Å²) in [6, 6.07) is 3.67. The molecule has 9 heteroatoms. The molecule has 0 spiro atoms. The topological polar surface area (TPSA) is 82.3 Å². The lowest BCUT2D eigenvalue weighted by molar-refractivity contribution is -0.132. The standard InChI is InChI=1S/C17H19N5O3S/c23-15(11-21-12-18-14-3-8-26-16(14)17(21)24)20-5-2-7-25-13(9-20)10-22-6-1-4-19-22/h1,3-4,6,8,12-13H,2,5,7,9-11H2/t13-/m0/s1. The van der Waals surface area contributed by atoms with E-state index in [1.54, 1.807) is 21.8 Å².